The molecule has 1 saturated heterocycles. The van der Waals surface area contributed by atoms with Gasteiger partial charge in [-0.15, -0.1) is 0 Å². The zero-order chi connectivity index (χ0) is 19.5. The van der Waals surface area contributed by atoms with E-state index in [1.54, 1.807) is 18.7 Å². The molecule has 0 bridgehead atoms. The molecule has 2 heterocycles. The average Bonchev–Trinajstić information content (AvgIpc) is 2.58. The number of piperazine rings is 1. The van der Waals surface area contributed by atoms with Crippen LogP contribution in [0.2, 0.25) is 5.02 Å². The van der Waals surface area contributed by atoms with Crippen LogP contribution in [0.1, 0.15) is 19.4 Å². The highest BCUT2D eigenvalue weighted by atomic mass is 35.5. The van der Waals surface area contributed by atoms with E-state index in [1.165, 1.54) is 4.90 Å². The minimum absolute atomic E-state index is 0.0922. The van der Waals surface area contributed by atoms with E-state index in [-0.39, 0.29) is 29.3 Å². The van der Waals surface area contributed by atoms with Gasteiger partial charge in [-0.05, 0) is 6.07 Å². The number of alkyl halides is 3. The molecule has 0 spiro atoms. The summed E-state index contributed by atoms with van der Waals surface area (Å²) in [5.74, 6) is -0.826. The summed E-state index contributed by atoms with van der Waals surface area (Å²) in [5, 5.41) is -0.0922. The van der Waals surface area contributed by atoms with Crippen molar-refractivity contribution in [1.82, 2.24) is 9.88 Å². The molecule has 1 aliphatic rings. The number of aromatic nitrogens is 1. The molecular weight excluding hydrogens is 375 g/mol. The van der Waals surface area contributed by atoms with E-state index in [9.17, 15) is 22.8 Å². The molecule has 6 nitrogen and oxygen atoms in total. The number of amides is 1. The van der Waals surface area contributed by atoms with Crippen molar-refractivity contribution in [2.45, 2.75) is 20.0 Å². The Hall–Kier alpha value is -2.03. The van der Waals surface area contributed by atoms with Gasteiger partial charge in [-0.2, -0.15) is 13.2 Å². The minimum Gasteiger partial charge on any atom is -0.455 e. The first-order chi connectivity index (χ1) is 12.1. The highest BCUT2D eigenvalue weighted by Gasteiger charge is 2.32. The van der Waals surface area contributed by atoms with E-state index in [0.29, 0.717) is 26.2 Å². The van der Waals surface area contributed by atoms with E-state index < -0.39 is 17.7 Å². The van der Waals surface area contributed by atoms with E-state index in [2.05, 4.69) is 4.98 Å². The maximum atomic E-state index is 12.7. The SMILES string of the molecule is CC(C)C(=O)OCC(=O)N1CCN(c2ncc(C(F)(F)F)cc2Cl)CC1. The molecule has 1 aromatic heterocycles. The predicted molar refractivity (Wildman–Crippen MR) is 88.8 cm³/mol. The second-order valence-corrected chi connectivity index (χ2v) is 6.56. The second kappa shape index (κ2) is 8.11. The van der Waals surface area contributed by atoms with Gasteiger partial charge in [0.1, 0.15) is 5.82 Å². The van der Waals surface area contributed by atoms with Crippen molar-refractivity contribution < 1.29 is 27.5 Å². The van der Waals surface area contributed by atoms with Gasteiger partial charge < -0.3 is 14.5 Å². The third-order valence-electron chi connectivity index (χ3n) is 3.89. The van der Waals surface area contributed by atoms with Crippen molar-refractivity contribution in [2.24, 2.45) is 5.92 Å². The van der Waals surface area contributed by atoms with Crippen LogP contribution in [-0.2, 0) is 20.5 Å². The highest BCUT2D eigenvalue weighted by molar-refractivity contribution is 6.33. The summed E-state index contributed by atoms with van der Waals surface area (Å²) in [5.41, 5.74) is -0.910. The highest BCUT2D eigenvalue weighted by Crippen LogP contribution is 2.33. The number of pyridine rings is 1. The van der Waals surface area contributed by atoms with Crippen molar-refractivity contribution in [2.75, 3.05) is 37.7 Å². The second-order valence-electron chi connectivity index (χ2n) is 6.16. The van der Waals surface area contributed by atoms with E-state index >= 15 is 0 Å². The smallest absolute Gasteiger partial charge is 0.417 e. The first-order valence-corrected chi connectivity index (χ1v) is 8.39. The fourth-order valence-electron chi connectivity index (χ4n) is 2.38. The number of hydrogen-bond acceptors (Lipinski definition) is 5. The zero-order valence-corrected chi connectivity index (χ0v) is 15.1. The molecule has 144 valence electrons. The molecule has 2 rings (SSSR count). The Bertz CT molecular complexity index is 674. The summed E-state index contributed by atoms with van der Waals surface area (Å²) >= 11 is 5.94. The molecule has 0 atom stereocenters. The van der Waals surface area contributed by atoms with Gasteiger partial charge in [-0.25, -0.2) is 4.98 Å². The number of carbonyl (C=O) groups is 2. The number of hydrogen-bond donors (Lipinski definition) is 0. The van der Waals surface area contributed by atoms with E-state index in [0.717, 1.165) is 12.3 Å². The molecule has 1 aliphatic heterocycles. The zero-order valence-electron chi connectivity index (χ0n) is 14.3. The summed E-state index contributed by atoms with van der Waals surface area (Å²) in [7, 11) is 0. The van der Waals surface area contributed by atoms with E-state index in [4.69, 9.17) is 16.3 Å². The number of anilines is 1. The molecule has 0 radical (unpaired) electrons. The summed E-state index contributed by atoms with van der Waals surface area (Å²) in [6.07, 6.45) is -3.77. The van der Waals surface area contributed by atoms with Crippen LogP contribution in [0, 0.1) is 5.92 Å². The van der Waals surface area contributed by atoms with Crippen molar-refractivity contribution in [3.8, 4) is 0 Å². The maximum Gasteiger partial charge on any atom is 0.417 e. The molecule has 0 unspecified atom stereocenters. The van der Waals surface area contributed by atoms with Gasteiger partial charge in [0.15, 0.2) is 6.61 Å². The Morgan fingerprint density at radius 2 is 1.88 bits per heavy atom. The fraction of sp³-hybridized carbons (Fsp3) is 0.562. The van der Waals surface area contributed by atoms with Crippen LogP contribution in [0.5, 0.6) is 0 Å². The van der Waals surface area contributed by atoms with Crippen LogP contribution < -0.4 is 4.90 Å². The Morgan fingerprint density at radius 1 is 1.27 bits per heavy atom. The van der Waals surface area contributed by atoms with Crippen LogP contribution in [-0.4, -0.2) is 54.5 Å². The quantitative estimate of drug-likeness (QED) is 0.736. The topological polar surface area (TPSA) is 62.7 Å². The lowest BCUT2D eigenvalue weighted by Gasteiger charge is -2.35. The van der Waals surface area contributed by atoms with Crippen LogP contribution >= 0.6 is 11.6 Å². The number of nitrogens with zero attached hydrogens (tertiary/aromatic N) is 3. The molecule has 0 N–H and O–H groups in total. The molecule has 0 saturated carbocycles. The van der Waals surface area contributed by atoms with Crippen molar-refractivity contribution >= 4 is 29.3 Å². The number of ether oxygens (including phenoxy) is 1. The number of carbonyl (C=O) groups excluding carboxylic acids is 2. The van der Waals surface area contributed by atoms with Gasteiger partial charge in [-0.3, -0.25) is 9.59 Å². The van der Waals surface area contributed by atoms with Crippen molar-refractivity contribution in [3.05, 3.63) is 22.8 Å². The molecule has 1 fully saturated rings. The molecule has 26 heavy (non-hydrogen) atoms. The molecular formula is C16H19ClF3N3O3. The third kappa shape index (κ3) is 5.00. The molecule has 0 aromatic carbocycles. The summed E-state index contributed by atoms with van der Waals surface area (Å²) in [4.78, 5) is 30.5. The molecule has 0 aliphatic carbocycles. The third-order valence-corrected chi connectivity index (χ3v) is 4.17. The van der Waals surface area contributed by atoms with Crippen LogP contribution in [0.25, 0.3) is 0 Å². The number of rotatable bonds is 4. The predicted octanol–water partition coefficient (Wildman–Crippen LogP) is 2.60. The lowest BCUT2D eigenvalue weighted by Crippen LogP contribution is -2.50. The minimum atomic E-state index is -4.51. The normalized spacial score (nSPS) is 15.3. The van der Waals surface area contributed by atoms with Gasteiger partial charge in [0.25, 0.3) is 5.91 Å². The fourth-order valence-corrected chi connectivity index (χ4v) is 2.66. The number of esters is 1. The molecule has 10 heteroatoms. The van der Waals surface area contributed by atoms with Crippen molar-refractivity contribution in [1.29, 1.82) is 0 Å². The Balaban J connectivity index is 1.92. The average molecular weight is 394 g/mol. The summed E-state index contributed by atoms with van der Waals surface area (Å²) in [6, 6.07) is 0.840. The van der Waals surface area contributed by atoms with Crippen LogP contribution in [0.3, 0.4) is 0 Å². The van der Waals surface area contributed by atoms with Gasteiger partial charge >= 0.3 is 12.1 Å². The van der Waals surface area contributed by atoms with Gasteiger partial charge in [-0.1, -0.05) is 25.4 Å². The largest absolute Gasteiger partial charge is 0.455 e. The van der Waals surface area contributed by atoms with E-state index in [1.807, 2.05) is 0 Å². The maximum absolute atomic E-state index is 12.7. The Morgan fingerprint density at radius 3 is 2.38 bits per heavy atom. The lowest BCUT2D eigenvalue weighted by molar-refractivity contribution is -0.154. The number of halogens is 4. The molecule has 1 aromatic rings. The lowest BCUT2D eigenvalue weighted by atomic mass is 10.2. The first kappa shape index (κ1) is 20.3. The monoisotopic (exact) mass is 393 g/mol. The summed E-state index contributed by atoms with van der Waals surface area (Å²) < 4.78 is 42.9. The van der Waals surface area contributed by atoms with Gasteiger partial charge in [0, 0.05) is 32.4 Å². The van der Waals surface area contributed by atoms with Crippen LogP contribution in [0.15, 0.2) is 12.3 Å². The Kier molecular flexibility index (Phi) is 6.33. The van der Waals surface area contributed by atoms with Crippen molar-refractivity contribution in [3.63, 3.8) is 0 Å². The Labute approximate surface area is 153 Å². The van der Waals surface area contributed by atoms with Gasteiger partial charge in [0.2, 0.25) is 0 Å². The summed E-state index contributed by atoms with van der Waals surface area (Å²) in [6.45, 7) is 4.41. The standard InChI is InChI=1S/C16H19ClF3N3O3/c1-10(2)15(25)26-9-13(24)22-3-5-23(6-4-22)14-12(17)7-11(8-21-14)16(18,19)20/h7-8,10H,3-6,9H2,1-2H3. The molecule has 1 amide bonds. The first-order valence-electron chi connectivity index (χ1n) is 8.01. The van der Waals surface area contributed by atoms with Crippen LogP contribution in [0.4, 0.5) is 19.0 Å². The van der Waals surface area contributed by atoms with Gasteiger partial charge in [0.05, 0.1) is 16.5 Å².